The number of rotatable bonds is 4. The van der Waals surface area contributed by atoms with Crippen molar-refractivity contribution >= 4 is 18.1 Å². The number of carbonyl (C=O) groups is 1. The molecule has 0 radical (unpaired) electrons. The fourth-order valence-electron chi connectivity index (χ4n) is 3.41. The molecule has 0 atom stereocenters. The lowest BCUT2D eigenvalue weighted by Crippen LogP contribution is -2.00. The van der Waals surface area contributed by atoms with Crippen molar-refractivity contribution in [3.05, 3.63) is 81.9 Å². The summed E-state index contributed by atoms with van der Waals surface area (Å²) >= 11 is 0. The van der Waals surface area contributed by atoms with E-state index in [1.54, 1.807) is 12.1 Å². The van der Waals surface area contributed by atoms with Crippen molar-refractivity contribution < 1.29 is 9.53 Å². The second-order valence-corrected chi connectivity index (χ2v) is 7.33. The van der Waals surface area contributed by atoms with E-state index in [1.165, 1.54) is 40.5 Å². The van der Waals surface area contributed by atoms with Crippen LogP contribution in [0.3, 0.4) is 0 Å². The summed E-state index contributed by atoms with van der Waals surface area (Å²) in [6, 6.07) is 16.5. The van der Waals surface area contributed by atoms with E-state index in [1.807, 2.05) is 12.1 Å². The first-order valence-corrected chi connectivity index (χ1v) is 9.31. The Morgan fingerprint density at radius 2 is 1.63 bits per heavy atom. The lowest BCUT2D eigenvalue weighted by molar-refractivity contribution is 0.0600. The molecule has 2 heteroatoms. The number of hydrogen-bond donors (Lipinski definition) is 0. The van der Waals surface area contributed by atoms with Gasteiger partial charge in [-0.05, 0) is 70.8 Å². The maximum atomic E-state index is 11.6. The minimum absolute atomic E-state index is 0.313. The van der Waals surface area contributed by atoms with Gasteiger partial charge in [0.25, 0.3) is 0 Å². The van der Waals surface area contributed by atoms with Gasteiger partial charge < -0.3 is 4.74 Å². The second kappa shape index (κ2) is 7.79. The van der Waals surface area contributed by atoms with Crippen molar-refractivity contribution in [2.75, 3.05) is 7.11 Å². The average molecular weight is 358 g/mol. The summed E-state index contributed by atoms with van der Waals surface area (Å²) in [5, 5.41) is 0. The van der Waals surface area contributed by atoms with Gasteiger partial charge in [0.15, 0.2) is 0 Å². The van der Waals surface area contributed by atoms with Gasteiger partial charge in [-0.25, -0.2) is 4.79 Å². The summed E-state index contributed by atoms with van der Waals surface area (Å²) in [4.78, 5) is 11.6. The molecular formula is C25H26O2. The van der Waals surface area contributed by atoms with E-state index in [-0.39, 0.29) is 5.97 Å². The monoisotopic (exact) mass is 358 g/mol. The fourth-order valence-corrected chi connectivity index (χ4v) is 3.41. The highest BCUT2D eigenvalue weighted by Crippen LogP contribution is 2.37. The molecule has 27 heavy (non-hydrogen) atoms. The highest BCUT2D eigenvalue weighted by Gasteiger charge is 2.15. The Labute approximate surface area is 161 Å². The van der Waals surface area contributed by atoms with Gasteiger partial charge in [0.2, 0.25) is 0 Å². The van der Waals surface area contributed by atoms with E-state index >= 15 is 0 Å². The number of aryl methyl sites for hydroxylation is 2. The van der Waals surface area contributed by atoms with Crippen molar-refractivity contribution in [3.8, 4) is 11.1 Å². The predicted octanol–water partition coefficient (Wildman–Crippen LogP) is 6.49. The molecule has 0 saturated heterocycles. The van der Waals surface area contributed by atoms with E-state index in [9.17, 15) is 4.79 Å². The standard InChI is InChI=1S/C25H26O2/c1-16(2)21-10-6-17(3)24-22(14-18(4)23(24)15-21)13-9-19-7-11-20(12-8-19)25(26)27-5/h6-16H,1-5H3/b13-9+. The molecule has 1 aromatic carbocycles. The van der Waals surface area contributed by atoms with Crippen molar-refractivity contribution in [2.45, 2.75) is 33.6 Å². The Morgan fingerprint density at radius 1 is 0.926 bits per heavy atom. The molecule has 2 aliphatic carbocycles. The van der Waals surface area contributed by atoms with Crippen LogP contribution in [0.15, 0.2) is 48.5 Å². The van der Waals surface area contributed by atoms with Gasteiger partial charge in [0, 0.05) is 0 Å². The molecule has 0 unspecified atom stereocenters. The van der Waals surface area contributed by atoms with Gasteiger partial charge in [-0.15, -0.1) is 0 Å². The zero-order valence-electron chi connectivity index (χ0n) is 16.7. The van der Waals surface area contributed by atoms with Crippen molar-refractivity contribution in [1.29, 1.82) is 0 Å². The number of fused-ring (bicyclic) bond motifs is 1. The highest BCUT2D eigenvalue weighted by atomic mass is 16.5. The molecule has 0 saturated carbocycles. The van der Waals surface area contributed by atoms with E-state index in [4.69, 9.17) is 4.74 Å². The van der Waals surface area contributed by atoms with Gasteiger partial charge in [-0.1, -0.05) is 62.4 Å². The maximum absolute atomic E-state index is 11.6. The van der Waals surface area contributed by atoms with Gasteiger partial charge in [0.05, 0.1) is 12.7 Å². The summed E-state index contributed by atoms with van der Waals surface area (Å²) in [6.07, 6.45) is 4.25. The normalized spacial score (nSPS) is 11.5. The lowest BCUT2D eigenvalue weighted by Gasteiger charge is -2.04. The molecule has 2 nitrogen and oxygen atoms in total. The zero-order chi connectivity index (χ0) is 19.6. The van der Waals surface area contributed by atoms with Crippen molar-refractivity contribution in [2.24, 2.45) is 0 Å². The van der Waals surface area contributed by atoms with Crippen LogP contribution in [0.1, 0.15) is 57.9 Å². The molecule has 1 aromatic rings. The summed E-state index contributed by atoms with van der Waals surface area (Å²) in [5.41, 5.74) is 9.41. The topological polar surface area (TPSA) is 26.3 Å². The third-order valence-corrected chi connectivity index (χ3v) is 5.04. The van der Waals surface area contributed by atoms with Crippen LogP contribution in [-0.4, -0.2) is 13.1 Å². The Hall–Kier alpha value is -2.87. The summed E-state index contributed by atoms with van der Waals surface area (Å²) in [7, 11) is 1.39. The summed E-state index contributed by atoms with van der Waals surface area (Å²) in [6.45, 7) is 8.81. The number of esters is 1. The minimum atomic E-state index is -0.313. The van der Waals surface area contributed by atoms with Crippen LogP contribution >= 0.6 is 0 Å². The van der Waals surface area contributed by atoms with Gasteiger partial charge >= 0.3 is 5.97 Å². The number of methoxy groups -OCH3 is 1. The summed E-state index contributed by atoms with van der Waals surface area (Å²) in [5.74, 6) is 0.189. The second-order valence-electron chi connectivity index (χ2n) is 7.33. The number of benzene rings is 1. The number of carbonyl (C=O) groups excluding carboxylic acids is 1. The largest absolute Gasteiger partial charge is 0.465 e. The molecule has 0 heterocycles. The van der Waals surface area contributed by atoms with E-state index in [2.05, 4.69) is 64.1 Å². The molecule has 0 spiro atoms. The molecule has 0 bridgehead atoms. The van der Waals surface area contributed by atoms with Gasteiger partial charge in [-0.3, -0.25) is 0 Å². The van der Waals surface area contributed by atoms with Crippen LogP contribution in [0, 0.1) is 13.8 Å². The van der Waals surface area contributed by atoms with Crippen LogP contribution in [-0.2, 0) is 4.74 Å². The molecular weight excluding hydrogens is 332 g/mol. The Kier molecular flexibility index (Phi) is 5.46. The quantitative estimate of drug-likeness (QED) is 0.498. The minimum Gasteiger partial charge on any atom is -0.465 e. The SMILES string of the molecule is COC(=O)c1ccc(/C=C/c2cc(C)c3cc(C(C)C)ccc(C)c2-3)cc1. The molecule has 0 aromatic heterocycles. The number of hydrogen-bond acceptors (Lipinski definition) is 2. The smallest absolute Gasteiger partial charge is 0.337 e. The van der Waals surface area contributed by atoms with Gasteiger partial charge in [-0.2, -0.15) is 0 Å². The first-order chi connectivity index (χ1) is 12.9. The van der Waals surface area contributed by atoms with Crippen LogP contribution < -0.4 is 0 Å². The fraction of sp³-hybridized carbons (Fsp3) is 0.240. The van der Waals surface area contributed by atoms with Crippen LogP contribution in [0.4, 0.5) is 0 Å². The predicted molar refractivity (Wildman–Crippen MR) is 113 cm³/mol. The maximum Gasteiger partial charge on any atom is 0.337 e. The Balaban J connectivity index is 1.97. The van der Waals surface area contributed by atoms with E-state index in [0.29, 0.717) is 11.5 Å². The summed E-state index contributed by atoms with van der Waals surface area (Å²) < 4.78 is 4.75. The first-order valence-electron chi connectivity index (χ1n) is 9.31. The number of ether oxygens (including phenoxy) is 1. The van der Waals surface area contributed by atoms with E-state index < -0.39 is 0 Å². The highest BCUT2D eigenvalue weighted by molar-refractivity contribution is 5.90. The molecule has 0 N–H and O–H groups in total. The molecule has 0 fully saturated rings. The molecule has 0 amide bonds. The first kappa shape index (κ1) is 18.9. The van der Waals surface area contributed by atoms with Gasteiger partial charge in [0.1, 0.15) is 0 Å². The molecule has 2 aliphatic rings. The Morgan fingerprint density at radius 3 is 2.26 bits per heavy atom. The molecule has 3 rings (SSSR count). The van der Waals surface area contributed by atoms with Crippen LogP contribution in [0.2, 0.25) is 0 Å². The Bertz CT molecular complexity index is 962. The third kappa shape index (κ3) is 3.95. The average Bonchev–Trinajstić information content (AvgIpc) is 2.85. The molecule has 0 aliphatic heterocycles. The van der Waals surface area contributed by atoms with Crippen LogP contribution in [0.25, 0.3) is 23.3 Å². The van der Waals surface area contributed by atoms with Crippen LogP contribution in [0.5, 0.6) is 0 Å². The van der Waals surface area contributed by atoms with Crippen molar-refractivity contribution in [1.82, 2.24) is 0 Å². The lowest BCUT2D eigenvalue weighted by atomic mass is 10.0. The third-order valence-electron chi connectivity index (χ3n) is 5.04. The zero-order valence-corrected chi connectivity index (χ0v) is 16.7. The van der Waals surface area contributed by atoms with E-state index in [0.717, 1.165) is 5.56 Å². The molecule has 138 valence electrons. The van der Waals surface area contributed by atoms with Crippen molar-refractivity contribution in [3.63, 3.8) is 0 Å².